The first-order valence-electron chi connectivity index (χ1n) is 6.66. The van der Waals surface area contributed by atoms with Crippen molar-refractivity contribution < 1.29 is 23.8 Å². The first kappa shape index (κ1) is 12.5. The molecule has 3 rings (SSSR count). The van der Waals surface area contributed by atoms with E-state index in [4.69, 9.17) is 14.2 Å². The van der Waals surface area contributed by atoms with E-state index in [1.165, 1.54) is 0 Å². The lowest BCUT2D eigenvalue weighted by molar-refractivity contribution is -0.150. The molecule has 1 heterocycles. The Hall–Kier alpha value is -1.52. The summed E-state index contributed by atoms with van der Waals surface area (Å²) in [6.45, 7) is 6.13. The molecule has 5 heteroatoms. The van der Waals surface area contributed by atoms with E-state index in [-0.39, 0.29) is 17.5 Å². The topological polar surface area (TPSA) is 61.8 Å². The van der Waals surface area contributed by atoms with Gasteiger partial charge in [-0.3, -0.25) is 0 Å². The Bertz CT molecular complexity index is 431. The zero-order valence-corrected chi connectivity index (χ0v) is 11.0. The monoisotopic (exact) mass is 266 g/mol. The first-order valence-corrected chi connectivity index (χ1v) is 6.66. The maximum atomic E-state index is 11.6. The lowest BCUT2D eigenvalue weighted by Crippen LogP contribution is -2.45. The van der Waals surface area contributed by atoms with Crippen molar-refractivity contribution in [2.24, 2.45) is 17.3 Å². The number of hydrogen-bond acceptors (Lipinski definition) is 5. The van der Waals surface area contributed by atoms with Crippen LogP contribution in [0.15, 0.2) is 12.2 Å². The molecule has 2 bridgehead atoms. The molecule has 5 nitrogen and oxygen atoms in total. The van der Waals surface area contributed by atoms with E-state index in [1.54, 1.807) is 6.92 Å². The standard InChI is InChI=1S/C14H18O5/c1-8(2)12(15)19-11-4-10-3-9(11)5-14(10)6-17-13(16)18-7-14/h9-11H,1,3-7H2,2H3. The summed E-state index contributed by atoms with van der Waals surface area (Å²) < 4.78 is 15.6. The van der Waals surface area contributed by atoms with Gasteiger partial charge in [0.25, 0.3) is 0 Å². The summed E-state index contributed by atoms with van der Waals surface area (Å²) in [5, 5.41) is 0. The van der Waals surface area contributed by atoms with Crippen molar-refractivity contribution in [3.8, 4) is 0 Å². The number of hydrogen-bond donors (Lipinski definition) is 0. The van der Waals surface area contributed by atoms with Gasteiger partial charge in [0.2, 0.25) is 0 Å². The van der Waals surface area contributed by atoms with E-state index in [1.807, 2.05) is 0 Å². The highest BCUT2D eigenvalue weighted by molar-refractivity contribution is 5.87. The molecule has 3 unspecified atom stereocenters. The van der Waals surface area contributed by atoms with Gasteiger partial charge in [-0.15, -0.1) is 0 Å². The third kappa shape index (κ3) is 2.01. The minimum Gasteiger partial charge on any atom is -0.459 e. The van der Waals surface area contributed by atoms with Gasteiger partial charge in [-0.2, -0.15) is 0 Å². The van der Waals surface area contributed by atoms with Gasteiger partial charge in [0.15, 0.2) is 0 Å². The van der Waals surface area contributed by atoms with Crippen LogP contribution in [-0.2, 0) is 19.0 Å². The zero-order chi connectivity index (χ0) is 13.6. The largest absolute Gasteiger partial charge is 0.508 e. The van der Waals surface area contributed by atoms with Gasteiger partial charge in [-0.25, -0.2) is 9.59 Å². The second-order valence-electron chi connectivity index (χ2n) is 6.05. The second kappa shape index (κ2) is 4.25. The summed E-state index contributed by atoms with van der Waals surface area (Å²) in [5.41, 5.74) is 0.387. The Kier molecular flexibility index (Phi) is 2.80. The van der Waals surface area contributed by atoms with Crippen LogP contribution in [-0.4, -0.2) is 31.4 Å². The Balaban J connectivity index is 1.63. The van der Waals surface area contributed by atoms with Crippen molar-refractivity contribution >= 4 is 12.1 Å². The van der Waals surface area contributed by atoms with Crippen molar-refractivity contribution in [1.82, 2.24) is 0 Å². The number of carbonyl (C=O) groups excluding carboxylic acids is 2. The highest BCUT2D eigenvalue weighted by Crippen LogP contribution is 2.57. The van der Waals surface area contributed by atoms with Crippen molar-refractivity contribution in [3.63, 3.8) is 0 Å². The molecule has 0 aromatic rings. The molecule has 0 N–H and O–H groups in total. The molecule has 0 aromatic carbocycles. The van der Waals surface area contributed by atoms with Crippen LogP contribution in [0.1, 0.15) is 26.2 Å². The Labute approximate surface area is 111 Å². The van der Waals surface area contributed by atoms with Crippen LogP contribution in [0.5, 0.6) is 0 Å². The van der Waals surface area contributed by atoms with Crippen molar-refractivity contribution in [1.29, 1.82) is 0 Å². The van der Waals surface area contributed by atoms with Gasteiger partial charge in [-0.05, 0) is 38.0 Å². The van der Waals surface area contributed by atoms with E-state index in [2.05, 4.69) is 6.58 Å². The number of rotatable bonds is 2. The average Bonchev–Trinajstić information content (AvgIpc) is 2.91. The van der Waals surface area contributed by atoms with Gasteiger partial charge in [-0.1, -0.05) is 6.58 Å². The molecule has 104 valence electrons. The van der Waals surface area contributed by atoms with Crippen molar-refractivity contribution in [3.05, 3.63) is 12.2 Å². The number of carbonyl (C=O) groups is 2. The van der Waals surface area contributed by atoms with Crippen LogP contribution in [0.4, 0.5) is 4.79 Å². The lowest BCUT2D eigenvalue weighted by Gasteiger charge is -2.40. The molecular weight excluding hydrogens is 248 g/mol. The predicted molar refractivity (Wildman–Crippen MR) is 65.3 cm³/mol. The average molecular weight is 266 g/mol. The SMILES string of the molecule is C=C(C)C(=O)OC1CC2CC1CC21COC(=O)OC1. The fourth-order valence-electron chi connectivity index (χ4n) is 3.71. The first-order chi connectivity index (χ1) is 9.00. The third-order valence-corrected chi connectivity index (χ3v) is 4.73. The molecule has 2 saturated carbocycles. The van der Waals surface area contributed by atoms with Crippen molar-refractivity contribution in [2.75, 3.05) is 13.2 Å². The third-order valence-electron chi connectivity index (χ3n) is 4.73. The highest BCUT2D eigenvalue weighted by Gasteiger charge is 2.58. The molecule has 19 heavy (non-hydrogen) atoms. The molecule has 1 aliphatic heterocycles. The van der Waals surface area contributed by atoms with Crippen molar-refractivity contribution in [2.45, 2.75) is 32.3 Å². The van der Waals surface area contributed by atoms with Gasteiger partial charge in [0, 0.05) is 11.0 Å². The van der Waals surface area contributed by atoms with Crippen LogP contribution in [0.2, 0.25) is 0 Å². The second-order valence-corrected chi connectivity index (χ2v) is 6.05. The molecule has 0 radical (unpaired) electrons. The molecule has 3 fully saturated rings. The van der Waals surface area contributed by atoms with Crippen LogP contribution in [0.3, 0.4) is 0 Å². The highest BCUT2D eigenvalue weighted by atomic mass is 16.7. The minimum absolute atomic E-state index is 0.0162. The number of ether oxygens (including phenoxy) is 3. The fraction of sp³-hybridized carbons (Fsp3) is 0.714. The molecule has 3 atom stereocenters. The summed E-state index contributed by atoms with van der Waals surface area (Å²) in [6, 6.07) is 0. The van der Waals surface area contributed by atoms with Gasteiger partial charge in [0.1, 0.15) is 19.3 Å². The molecule has 0 aromatic heterocycles. The normalized spacial score (nSPS) is 34.8. The Morgan fingerprint density at radius 1 is 1.37 bits per heavy atom. The van der Waals surface area contributed by atoms with E-state index < -0.39 is 6.16 Å². The van der Waals surface area contributed by atoms with E-state index >= 15 is 0 Å². The summed E-state index contributed by atoms with van der Waals surface area (Å²) in [7, 11) is 0. The minimum atomic E-state index is -0.571. The van der Waals surface area contributed by atoms with Gasteiger partial charge >= 0.3 is 12.1 Å². The summed E-state index contributed by atoms with van der Waals surface area (Å²) in [5.74, 6) is 0.458. The van der Waals surface area contributed by atoms with E-state index in [0.717, 1.165) is 19.3 Å². The molecule has 2 aliphatic carbocycles. The summed E-state index contributed by atoms with van der Waals surface area (Å²) in [6.07, 6.45) is 2.18. The molecular formula is C14H18O5. The van der Waals surface area contributed by atoms with E-state index in [0.29, 0.717) is 30.6 Å². The lowest BCUT2D eigenvalue weighted by atomic mass is 9.73. The maximum Gasteiger partial charge on any atom is 0.508 e. The fourth-order valence-corrected chi connectivity index (χ4v) is 3.71. The Morgan fingerprint density at radius 3 is 2.58 bits per heavy atom. The van der Waals surface area contributed by atoms with Crippen LogP contribution < -0.4 is 0 Å². The van der Waals surface area contributed by atoms with Crippen LogP contribution >= 0.6 is 0 Å². The van der Waals surface area contributed by atoms with E-state index in [9.17, 15) is 9.59 Å². The smallest absolute Gasteiger partial charge is 0.459 e. The number of cyclic esters (lactones) is 2. The molecule has 0 amide bonds. The van der Waals surface area contributed by atoms with Gasteiger partial charge in [0.05, 0.1) is 0 Å². The Morgan fingerprint density at radius 2 is 2.05 bits per heavy atom. The summed E-state index contributed by atoms with van der Waals surface area (Å²) >= 11 is 0. The molecule has 1 saturated heterocycles. The molecule has 3 aliphatic rings. The number of esters is 1. The number of fused-ring (bicyclic) bond motifs is 3. The van der Waals surface area contributed by atoms with Crippen LogP contribution in [0.25, 0.3) is 0 Å². The van der Waals surface area contributed by atoms with Crippen LogP contribution in [0, 0.1) is 17.3 Å². The molecule has 1 spiro atoms. The van der Waals surface area contributed by atoms with Gasteiger partial charge < -0.3 is 14.2 Å². The maximum absolute atomic E-state index is 11.6. The predicted octanol–water partition coefficient (Wildman–Crippen LogP) is 2.06. The quantitative estimate of drug-likeness (QED) is 0.565. The zero-order valence-electron chi connectivity index (χ0n) is 11.0. The summed E-state index contributed by atoms with van der Waals surface area (Å²) in [4.78, 5) is 22.5.